The van der Waals surface area contributed by atoms with Crippen LogP contribution in [0.3, 0.4) is 0 Å². The molecule has 0 aromatic carbocycles. The van der Waals surface area contributed by atoms with E-state index in [0.29, 0.717) is 17.6 Å². The quantitative estimate of drug-likeness (QED) is 0.710. The molecule has 2 unspecified atom stereocenters. The summed E-state index contributed by atoms with van der Waals surface area (Å²) < 4.78 is 5.30. The van der Waals surface area contributed by atoms with Gasteiger partial charge in [-0.3, -0.25) is 0 Å². The van der Waals surface area contributed by atoms with Crippen molar-refractivity contribution in [3.8, 4) is 0 Å². The Balaban J connectivity index is 2.25. The van der Waals surface area contributed by atoms with Crippen LogP contribution < -0.4 is 5.32 Å². The maximum Gasteiger partial charge on any atom is 0.0693 e. The molecule has 0 aromatic rings. The average molecular weight is 199 g/mol. The van der Waals surface area contributed by atoms with Crippen molar-refractivity contribution in [1.82, 2.24) is 5.32 Å². The zero-order chi connectivity index (χ0) is 10.6. The first kappa shape index (κ1) is 12.0. The second kappa shape index (κ2) is 5.13. The van der Waals surface area contributed by atoms with E-state index in [2.05, 4.69) is 26.1 Å². The Morgan fingerprint density at radius 3 is 2.36 bits per heavy atom. The van der Waals surface area contributed by atoms with Gasteiger partial charge in [0.25, 0.3) is 0 Å². The van der Waals surface area contributed by atoms with Crippen molar-refractivity contribution in [2.24, 2.45) is 5.41 Å². The lowest BCUT2D eigenvalue weighted by atomic mass is 9.67. The van der Waals surface area contributed by atoms with Gasteiger partial charge in [0.15, 0.2) is 0 Å². The van der Waals surface area contributed by atoms with Gasteiger partial charge >= 0.3 is 0 Å². The monoisotopic (exact) mass is 199 g/mol. The van der Waals surface area contributed by atoms with Gasteiger partial charge in [0.1, 0.15) is 0 Å². The van der Waals surface area contributed by atoms with Crippen molar-refractivity contribution < 1.29 is 4.74 Å². The van der Waals surface area contributed by atoms with E-state index in [4.69, 9.17) is 4.74 Å². The van der Waals surface area contributed by atoms with Crippen LogP contribution in [0.1, 0.15) is 46.5 Å². The van der Waals surface area contributed by atoms with E-state index in [1.807, 2.05) is 0 Å². The number of hydrogen-bond donors (Lipinski definition) is 1. The van der Waals surface area contributed by atoms with Crippen molar-refractivity contribution in [2.45, 2.75) is 58.6 Å². The predicted molar refractivity (Wildman–Crippen MR) is 60.5 cm³/mol. The van der Waals surface area contributed by atoms with Gasteiger partial charge in [-0.1, -0.05) is 13.3 Å². The standard InChI is InChI=1S/C12H25NO/c1-5-12(7-6-8-12)9-13-10(2)11(3)14-4/h10-11,13H,5-9H2,1-4H3. The van der Waals surface area contributed by atoms with Crippen LogP contribution in [0.4, 0.5) is 0 Å². The summed E-state index contributed by atoms with van der Waals surface area (Å²) >= 11 is 0. The van der Waals surface area contributed by atoms with Gasteiger partial charge in [0, 0.05) is 19.7 Å². The van der Waals surface area contributed by atoms with Crippen LogP contribution >= 0.6 is 0 Å². The average Bonchev–Trinajstić information content (AvgIpc) is 2.15. The molecule has 0 radical (unpaired) electrons. The molecule has 84 valence electrons. The molecule has 0 bridgehead atoms. The van der Waals surface area contributed by atoms with Crippen molar-refractivity contribution in [3.05, 3.63) is 0 Å². The highest BCUT2D eigenvalue weighted by molar-refractivity contribution is 4.89. The van der Waals surface area contributed by atoms with Crippen LogP contribution in [0.25, 0.3) is 0 Å². The van der Waals surface area contributed by atoms with Crippen molar-refractivity contribution in [3.63, 3.8) is 0 Å². The van der Waals surface area contributed by atoms with Crippen LogP contribution in [-0.2, 0) is 4.74 Å². The SMILES string of the molecule is CCC1(CNC(C)C(C)OC)CCC1. The number of methoxy groups -OCH3 is 1. The summed E-state index contributed by atoms with van der Waals surface area (Å²) in [7, 11) is 1.78. The first-order chi connectivity index (χ1) is 6.63. The summed E-state index contributed by atoms with van der Waals surface area (Å²) in [6, 6.07) is 0.462. The molecule has 2 heteroatoms. The molecule has 0 saturated heterocycles. The summed E-state index contributed by atoms with van der Waals surface area (Å²) in [5, 5.41) is 3.60. The lowest BCUT2D eigenvalue weighted by Gasteiger charge is -2.42. The Morgan fingerprint density at radius 2 is 2.00 bits per heavy atom. The first-order valence-corrected chi connectivity index (χ1v) is 5.90. The van der Waals surface area contributed by atoms with Gasteiger partial charge in [-0.25, -0.2) is 0 Å². The molecule has 2 atom stereocenters. The minimum absolute atomic E-state index is 0.309. The topological polar surface area (TPSA) is 21.3 Å². The fourth-order valence-electron chi connectivity index (χ4n) is 2.08. The molecule has 0 aromatic heterocycles. The molecule has 1 aliphatic rings. The first-order valence-electron chi connectivity index (χ1n) is 5.90. The number of nitrogens with one attached hydrogen (secondary N) is 1. The third-order valence-electron chi connectivity index (χ3n) is 4.04. The minimum Gasteiger partial charge on any atom is -0.380 e. The van der Waals surface area contributed by atoms with E-state index in [1.54, 1.807) is 7.11 Å². The van der Waals surface area contributed by atoms with Crippen LogP contribution in [0.5, 0.6) is 0 Å². The molecule has 1 aliphatic carbocycles. The molecular weight excluding hydrogens is 174 g/mol. The highest BCUT2D eigenvalue weighted by Crippen LogP contribution is 2.43. The van der Waals surface area contributed by atoms with E-state index >= 15 is 0 Å². The molecule has 1 N–H and O–H groups in total. The summed E-state index contributed by atoms with van der Waals surface area (Å²) in [4.78, 5) is 0. The van der Waals surface area contributed by atoms with Crippen molar-refractivity contribution >= 4 is 0 Å². The van der Waals surface area contributed by atoms with Crippen LogP contribution in [0.15, 0.2) is 0 Å². The summed E-state index contributed by atoms with van der Waals surface area (Å²) in [6.45, 7) is 7.80. The zero-order valence-corrected chi connectivity index (χ0v) is 10.1. The molecule has 0 aliphatic heterocycles. The molecule has 0 spiro atoms. The number of rotatable bonds is 6. The number of hydrogen-bond acceptors (Lipinski definition) is 2. The molecule has 1 saturated carbocycles. The third kappa shape index (κ3) is 2.71. The highest BCUT2D eigenvalue weighted by Gasteiger charge is 2.35. The lowest BCUT2D eigenvalue weighted by Crippen LogP contribution is -2.46. The van der Waals surface area contributed by atoms with Gasteiger partial charge in [-0.2, -0.15) is 0 Å². The fourth-order valence-corrected chi connectivity index (χ4v) is 2.08. The minimum atomic E-state index is 0.309. The summed E-state index contributed by atoms with van der Waals surface area (Å²) in [6.07, 6.45) is 5.86. The summed E-state index contributed by atoms with van der Waals surface area (Å²) in [5.74, 6) is 0. The van der Waals surface area contributed by atoms with Gasteiger partial charge in [-0.05, 0) is 38.5 Å². The number of ether oxygens (including phenoxy) is 1. The second-order valence-corrected chi connectivity index (χ2v) is 4.82. The molecule has 0 heterocycles. The van der Waals surface area contributed by atoms with Crippen LogP contribution in [-0.4, -0.2) is 25.8 Å². The smallest absolute Gasteiger partial charge is 0.0693 e. The Labute approximate surface area is 88.4 Å². The van der Waals surface area contributed by atoms with Crippen molar-refractivity contribution in [1.29, 1.82) is 0 Å². The second-order valence-electron chi connectivity index (χ2n) is 4.82. The van der Waals surface area contributed by atoms with E-state index in [1.165, 1.54) is 32.2 Å². The fraction of sp³-hybridized carbons (Fsp3) is 1.00. The molecule has 14 heavy (non-hydrogen) atoms. The van der Waals surface area contributed by atoms with Crippen LogP contribution in [0, 0.1) is 5.41 Å². The maximum atomic E-state index is 5.30. The van der Waals surface area contributed by atoms with E-state index in [-0.39, 0.29) is 0 Å². The molecule has 2 nitrogen and oxygen atoms in total. The third-order valence-corrected chi connectivity index (χ3v) is 4.04. The lowest BCUT2D eigenvalue weighted by molar-refractivity contribution is 0.0684. The Hall–Kier alpha value is -0.0800. The van der Waals surface area contributed by atoms with E-state index in [9.17, 15) is 0 Å². The molecule has 0 amide bonds. The van der Waals surface area contributed by atoms with Gasteiger partial charge in [-0.15, -0.1) is 0 Å². The van der Waals surface area contributed by atoms with Gasteiger partial charge < -0.3 is 10.1 Å². The predicted octanol–water partition coefficient (Wildman–Crippen LogP) is 2.58. The summed E-state index contributed by atoms with van der Waals surface area (Å²) in [5.41, 5.74) is 0.613. The Morgan fingerprint density at radius 1 is 1.36 bits per heavy atom. The maximum absolute atomic E-state index is 5.30. The Kier molecular flexibility index (Phi) is 4.39. The van der Waals surface area contributed by atoms with Crippen molar-refractivity contribution in [2.75, 3.05) is 13.7 Å². The van der Waals surface area contributed by atoms with Crippen LogP contribution in [0.2, 0.25) is 0 Å². The highest BCUT2D eigenvalue weighted by atomic mass is 16.5. The normalized spacial score (nSPS) is 24.0. The van der Waals surface area contributed by atoms with E-state index in [0.717, 1.165) is 0 Å². The molecule has 1 rings (SSSR count). The largest absolute Gasteiger partial charge is 0.380 e. The Bertz CT molecular complexity index is 160. The molecular formula is C12H25NO. The zero-order valence-electron chi connectivity index (χ0n) is 10.1. The van der Waals surface area contributed by atoms with Gasteiger partial charge in [0.05, 0.1) is 6.10 Å². The van der Waals surface area contributed by atoms with Gasteiger partial charge in [0.2, 0.25) is 0 Å². The van der Waals surface area contributed by atoms with E-state index < -0.39 is 0 Å². The molecule has 1 fully saturated rings.